The number of methoxy groups -OCH3 is 1. The van der Waals surface area contributed by atoms with Gasteiger partial charge in [-0.05, 0) is 35.7 Å². The van der Waals surface area contributed by atoms with Gasteiger partial charge in [-0.25, -0.2) is 4.39 Å². The average molecular weight is 275 g/mol. The second-order valence-corrected chi connectivity index (χ2v) is 4.59. The van der Waals surface area contributed by atoms with E-state index in [1.807, 2.05) is 19.1 Å². The maximum atomic E-state index is 13.6. The molecular weight excluding hydrogens is 257 g/mol. The molecule has 1 aromatic carbocycles. The highest BCUT2D eigenvalue weighted by molar-refractivity contribution is 5.31. The summed E-state index contributed by atoms with van der Waals surface area (Å²) in [6.07, 6.45) is 2.05. The van der Waals surface area contributed by atoms with Crippen molar-refractivity contribution in [3.63, 3.8) is 0 Å². The van der Waals surface area contributed by atoms with E-state index in [1.165, 1.54) is 13.2 Å². The molecule has 0 saturated heterocycles. The summed E-state index contributed by atoms with van der Waals surface area (Å²) in [5.74, 6) is -0.218. The highest BCUT2D eigenvalue weighted by Gasteiger charge is 2.14. The van der Waals surface area contributed by atoms with Crippen molar-refractivity contribution in [2.24, 2.45) is 0 Å². The molecule has 0 aliphatic rings. The molecule has 0 spiro atoms. The van der Waals surface area contributed by atoms with Gasteiger partial charge in [0.25, 0.3) is 0 Å². The molecule has 1 heterocycles. The minimum Gasteiger partial charge on any atom is -0.494 e. The summed E-state index contributed by atoms with van der Waals surface area (Å²) in [4.78, 5) is 4.23. The molecule has 0 amide bonds. The number of aromatic nitrogens is 1. The lowest BCUT2D eigenvalue weighted by atomic mass is 10.0. The average Bonchev–Trinajstić information content (AvgIpc) is 2.47. The predicted octanol–water partition coefficient (Wildman–Crippen LogP) is 3.07. The lowest BCUT2D eigenvalue weighted by Gasteiger charge is -2.14. The van der Waals surface area contributed by atoms with Crippen LogP contribution < -0.4 is 4.74 Å². The van der Waals surface area contributed by atoms with Gasteiger partial charge in [0.15, 0.2) is 11.6 Å². The van der Waals surface area contributed by atoms with E-state index in [-0.39, 0.29) is 5.75 Å². The number of aliphatic hydroxyl groups is 1. The first kappa shape index (κ1) is 14.5. The van der Waals surface area contributed by atoms with Crippen LogP contribution >= 0.6 is 0 Å². The van der Waals surface area contributed by atoms with Gasteiger partial charge in [-0.3, -0.25) is 4.98 Å². The van der Waals surface area contributed by atoms with Crippen LogP contribution in [-0.2, 0) is 12.8 Å². The highest BCUT2D eigenvalue weighted by Crippen LogP contribution is 2.23. The van der Waals surface area contributed by atoms with Crippen molar-refractivity contribution in [1.29, 1.82) is 0 Å². The van der Waals surface area contributed by atoms with Crippen LogP contribution in [0.15, 0.2) is 36.5 Å². The molecule has 2 aromatic rings. The fourth-order valence-corrected chi connectivity index (χ4v) is 2.21. The zero-order valence-corrected chi connectivity index (χ0v) is 11.6. The normalized spacial score (nSPS) is 12.2. The van der Waals surface area contributed by atoms with Crippen molar-refractivity contribution in [2.75, 3.05) is 7.11 Å². The Labute approximate surface area is 118 Å². The van der Waals surface area contributed by atoms with E-state index < -0.39 is 11.9 Å². The number of aryl methyl sites for hydroxylation is 1. The van der Waals surface area contributed by atoms with Gasteiger partial charge in [0.2, 0.25) is 0 Å². The molecule has 1 N–H and O–H groups in total. The van der Waals surface area contributed by atoms with Crippen molar-refractivity contribution in [3.8, 4) is 5.75 Å². The molecule has 106 valence electrons. The van der Waals surface area contributed by atoms with Crippen molar-refractivity contribution >= 4 is 0 Å². The predicted molar refractivity (Wildman–Crippen MR) is 75.2 cm³/mol. The van der Waals surface area contributed by atoms with E-state index in [9.17, 15) is 9.50 Å². The molecule has 0 radical (unpaired) electrons. The zero-order valence-electron chi connectivity index (χ0n) is 11.6. The molecule has 0 fully saturated rings. The van der Waals surface area contributed by atoms with E-state index >= 15 is 0 Å². The number of aliphatic hydroxyl groups excluding tert-OH is 1. The van der Waals surface area contributed by atoms with Gasteiger partial charge in [0.1, 0.15) is 6.10 Å². The van der Waals surface area contributed by atoms with Crippen LogP contribution in [-0.4, -0.2) is 17.2 Å². The lowest BCUT2D eigenvalue weighted by Crippen LogP contribution is -2.07. The number of ether oxygens (including phenoxy) is 1. The largest absolute Gasteiger partial charge is 0.494 e. The molecule has 0 bridgehead atoms. The lowest BCUT2D eigenvalue weighted by molar-refractivity contribution is 0.172. The summed E-state index contributed by atoms with van der Waals surface area (Å²) in [6, 6.07) is 8.50. The summed E-state index contributed by atoms with van der Waals surface area (Å²) in [7, 11) is 1.42. The minimum absolute atomic E-state index is 0.204. The zero-order chi connectivity index (χ0) is 14.5. The van der Waals surface area contributed by atoms with Crippen molar-refractivity contribution in [1.82, 2.24) is 4.98 Å². The minimum atomic E-state index is -0.737. The Hall–Kier alpha value is -1.94. The first-order valence-corrected chi connectivity index (χ1v) is 6.60. The highest BCUT2D eigenvalue weighted by atomic mass is 19.1. The Balaban J connectivity index is 2.19. The Morgan fingerprint density at radius 2 is 2.15 bits per heavy atom. The SMILES string of the molecule is CCc1cccnc1C(O)Cc1ccc(OC)c(F)c1. The van der Waals surface area contributed by atoms with Crippen LogP contribution in [0.1, 0.15) is 29.8 Å². The topological polar surface area (TPSA) is 42.4 Å². The number of hydrogen-bond acceptors (Lipinski definition) is 3. The first-order chi connectivity index (χ1) is 9.65. The van der Waals surface area contributed by atoms with Gasteiger partial charge in [0, 0.05) is 12.6 Å². The number of pyridine rings is 1. The maximum Gasteiger partial charge on any atom is 0.165 e. The van der Waals surface area contributed by atoms with Crippen LogP contribution in [0.25, 0.3) is 0 Å². The Morgan fingerprint density at radius 1 is 1.35 bits per heavy atom. The summed E-state index contributed by atoms with van der Waals surface area (Å²) in [6.45, 7) is 2.01. The molecule has 20 heavy (non-hydrogen) atoms. The molecule has 0 saturated carbocycles. The van der Waals surface area contributed by atoms with Gasteiger partial charge in [-0.2, -0.15) is 0 Å². The fraction of sp³-hybridized carbons (Fsp3) is 0.312. The van der Waals surface area contributed by atoms with Crippen molar-refractivity contribution in [2.45, 2.75) is 25.9 Å². The third kappa shape index (κ3) is 3.14. The molecule has 2 rings (SSSR count). The molecule has 4 heteroatoms. The molecule has 1 unspecified atom stereocenters. The summed E-state index contributed by atoms with van der Waals surface area (Å²) >= 11 is 0. The third-order valence-electron chi connectivity index (χ3n) is 3.27. The molecule has 3 nitrogen and oxygen atoms in total. The van der Waals surface area contributed by atoms with Crippen LogP contribution in [0.5, 0.6) is 5.75 Å². The van der Waals surface area contributed by atoms with Gasteiger partial charge in [-0.15, -0.1) is 0 Å². The van der Waals surface area contributed by atoms with Gasteiger partial charge in [0.05, 0.1) is 12.8 Å². The number of nitrogens with zero attached hydrogens (tertiary/aromatic N) is 1. The smallest absolute Gasteiger partial charge is 0.165 e. The maximum absolute atomic E-state index is 13.6. The molecule has 0 aliphatic heterocycles. The number of hydrogen-bond donors (Lipinski definition) is 1. The quantitative estimate of drug-likeness (QED) is 0.912. The van der Waals surface area contributed by atoms with Gasteiger partial charge in [-0.1, -0.05) is 19.1 Å². The second kappa shape index (κ2) is 6.48. The van der Waals surface area contributed by atoms with E-state index in [0.717, 1.165) is 12.0 Å². The van der Waals surface area contributed by atoms with Crippen LogP contribution in [0, 0.1) is 5.82 Å². The van der Waals surface area contributed by atoms with Crippen LogP contribution in [0.4, 0.5) is 4.39 Å². The fourth-order valence-electron chi connectivity index (χ4n) is 2.21. The molecular formula is C16H18FNO2. The Bertz CT molecular complexity index is 586. The van der Waals surface area contributed by atoms with Gasteiger partial charge < -0.3 is 9.84 Å². The summed E-state index contributed by atoms with van der Waals surface area (Å²) in [5, 5.41) is 10.3. The van der Waals surface area contributed by atoms with Crippen LogP contribution in [0.2, 0.25) is 0 Å². The number of halogens is 1. The Kier molecular flexibility index (Phi) is 4.69. The molecule has 0 aliphatic carbocycles. The van der Waals surface area contributed by atoms with Crippen molar-refractivity contribution in [3.05, 3.63) is 59.2 Å². The molecule has 1 atom stereocenters. The summed E-state index contributed by atoms with van der Waals surface area (Å²) in [5.41, 5.74) is 2.38. The third-order valence-corrected chi connectivity index (χ3v) is 3.27. The standard InChI is InChI=1S/C16H18FNO2/c1-3-12-5-4-8-18-16(12)14(19)10-11-6-7-15(20-2)13(17)9-11/h4-9,14,19H,3,10H2,1-2H3. The van der Waals surface area contributed by atoms with E-state index in [0.29, 0.717) is 17.7 Å². The summed E-state index contributed by atoms with van der Waals surface area (Å²) < 4.78 is 18.5. The number of rotatable bonds is 5. The first-order valence-electron chi connectivity index (χ1n) is 6.60. The van der Waals surface area contributed by atoms with Crippen molar-refractivity contribution < 1.29 is 14.2 Å². The molecule has 1 aromatic heterocycles. The van der Waals surface area contributed by atoms with E-state index in [1.54, 1.807) is 18.3 Å². The van der Waals surface area contributed by atoms with E-state index in [2.05, 4.69) is 4.98 Å². The number of benzene rings is 1. The monoisotopic (exact) mass is 275 g/mol. The second-order valence-electron chi connectivity index (χ2n) is 4.59. The van der Waals surface area contributed by atoms with E-state index in [4.69, 9.17) is 4.74 Å². The van der Waals surface area contributed by atoms with Crippen LogP contribution in [0.3, 0.4) is 0 Å². The van der Waals surface area contributed by atoms with Gasteiger partial charge >= 0.3 is 0 Å². The Morgan fingerprint density at radius 3 is 2.80 bits per heavy atom.